The van der Waals surface area contributed by atoms with Gasteiger partial charge in [0.05, 0.1) is 13.2 Å². The highest BCUT2D eigenvalue weighted by Crippen LogP contribution is 2.45. The third-order valence-corrected chi connectivity index (χ3v) is 5.62. The Morgan fingerprint density at radius 2 is 2.07 bits per heavy atom. The Hall–Kier alpha value is -2.68. The molecule has 0 saturated heterocycles. The molecule has 3 heterocycles. The lowest BCUT2D eigenvalue weighted by molar-refractivity contribution is 0.288. The van der Waals surface area contributed by atoms with Gasteiger partial charge in [-0.05, 0) is 51.7 Å². The molecule has 0 aromatic carbocycles. The lowest BCUT2D eigenvalue weighted by Crippen LogP contribution is -2.32. The first-order valence-corrected chi connectivity index (χ1v) is 10.3. The molecule has 1 aliphatic heterocycles. The molecule has 2 aromatic rings. The summed E-state index contributed by atoms with van der Waals surface area (Å²) in [5, 5.41) is 13.3. The first-order chi connectivity index (χ1) is 13.6. The number of nitrogens with one attached hydrogen (secondary N) is 3. The van der Waals surface area contributed by atoms with Gasteiger partial charge in [0.25, 0.3) is 0 Å². The van der Waals surface area contributed by atoms with Crippen molar-refractivity contribution < 1.29 is 4.74 Å². The van der Waals surface area contributed by atoms with E-state index in [2.05, 4.69) is 48.5 Å². The molecule has 0 bridgehead atoms. The third-order valence-electron chi connectivity index (χ3n) is 4.78. The number of nitrogens with zero attached hydrogens (tertiary/aromatic N) is 4. The van der Waals surface area contributed by atoms with Gasteiger partial charge < -0.3 is 20.9 Å². The van der Waals surface area contributed by atoms with Crippen LogP contribution in [0.25, 0.3) is 0 Å². The van der Waals surface area contributed by atoms with Gasteiger partial charge >= 0.3 is 0 Å². The minimum absolute atomic E-state index is 0.592. The zero-order chi connectivity index (χ0) is 19.5. The molecule has 0 amide bonds. The summed E-state index contributed by atoms with van der Waals surface area (Å²) in [5.41, 5.74) is 8.85. The predicted molar refractivity (Wildman–Crippen MR) is 109 cm³/mol. The number of hydrogen-bond acceptors (Lipinski definition) is 9. The number of rotatable bonds is 8. The number of anilines is 1. The van der Waals surface area contributed by atoms with Gasteiger partial charge in [0, 0.05) is 23.4 Å². The molecule has 0 spiro atoms. The van der Waals surface area contributed by atoms with Crippen molar-refractivity contribution in [2.45, 2.75) is 40.2 Å². The highest BCUT2D eigenvalue weighted by molar-refractivity contribution is 7.11. The van der Waals surface area contributed by atoms with E-state index < -0.39 is 0 Å². The SMILES string of the molecule is CC1=CC=C([C@H]2C[C@@H]2CCOc2cc(NCc3nnc(C)s3)nc(C)n2)NN1. The van der Waals surface area contributed by atoms with Gasteiger partial charge in [-0.2, -0.15) is 4.98 Å². The van der Waals surface area contributed by atoms with Crippen molar-refractivity contribution in [1.82, 2.24) is 31.0 Å². The minimum Gasteiger partial charge on any atom is -0.478 e. The van der Waals surface area contributed by atoms with Crippen LogP contribution in [-0.4, -0.2) is 26.8 Å². The smallest absolute Gasteiger partial charge is 0.218 e. The summed E-state index contributed by atoms with van der Waals surface area (Å²) in [6.07, 6.45) is 6.50. The fraction of sp³-hybridized carbons (Fsp3) is 0.474. The minimum atomic E-state index is 0.592. The molecule has 1 fully saturated rings. The van der Waals surface area contributed by atoms with E-state index in [4.69, 9.17) is 4.74 Å². The number of allylic oxidation sites excluding steroid dienone is 4. The van der Waals surface area contributed by atoms with Crippen LogP contribution in [0.4, 0.5) is 5.82 Å². The Bertz CT molecular complexity index is 907. The zero-order valence-corrected chi connectivity index (χ0v) is 17.1. The monoisotopic (exact) mass is 399 g/mol. The van der Waals surface area contributed by atoms with Crippen LogP contribution < -0.4 is 20.9 Å². The summed E-state index contributed by atoms with van der Waals surface area (Å²) in [6.45, 7) is 7.10. The molecule has 2 atom stereocenters. The summed E-state index contributed by atoms with van der Waals surface area (Å²) < 4.78 is 5.90. The quantitative estimate of drug-likeness (QED) is 0.623. The maximum atomic E-state index is 5.90. The van der Waals surface area contributed by atoms with Crippen molar-refractivity contribution in [1.29, 1.82) is 0 Å². The van der Waals surface area contributed by atoms with Gasteiger partial charge in [0.2, 0.25) is 5.88 Å². The largest absolute Gasteiger partial charge is 0.478 e. The molecular weight excluding hydrogens is 374 g/mol. The fourth-order valence-electron chi connectivity index (χ4n) is 3.23. The molecule has 4 rings (SSSR count). The van der Waals surface area contributed by atoms with E-state index in [0.717, 1.165) is 28.0 Å². The maximum Gasteiger partial charge on any atom is 0.218 e. The van der Waals surface area contributed by atoms with Crippen molar-refractivity contribution in [2.75, 3.05) is 11.9 Å². The molecule has 3 N–H and O–H groups in total. The van der Waals surface area contributed by atoms with Crippen molar-refractivity contribution >= 4 is 17.2 Å². The number of ether oxygens (including phenoxy) is 1. The highest BCUT2D eigenvalue weighted by atomic mass is 32.1. The van der Waals surface area contributed by atoms with Crippen LogP contribution in [-0.2, 0) is 6.54 Å². The Labute approximate surface area is 168 Å². The average Bonchev–Trinajstić information content (AvgIpc) is 3.31. The molecule has 2 aliphatic rings. The van der Waals surface area contributed by atoms with Crippen LogP contribution in [0.1, 0.15) is 35.6 Å². The molecule has 1 aliphatic carbocycles. The van der Waals surface area contributed by atoms with E-state index in [1.807, 2.05) is 26.8 Å². The number of hydrazine groups is 1. The van der Waals surface area contributed by atoms with Crippen LogP contribution in [0.3, 0.4) is 0 Å². The Balaban J connectivity index is 1.25. The van der Waals surface area contributed by atoms with Crippen molar-refractivity contribution in [3.8, 4) is 5.88 Å². The zero-order valence-electron chi connectivity index (χ0n) is 16.3. The van der Waals surface area contributed by atoms with Gasteiger partial charge in [0.15, 0.2) is 0 Å². The van der Waals surface area contributed by atoms with Gasteiger partial charge in [-0.1, -0.05) is 11.3 Å². The number of aromatic nitrogens is 4. The van der Waals surface area contributed by atoms with Crippen LogP contribution in [0.5, 0.6) is 5.88 Å². The van der Waals surface area contributed by atoms with Crippen molar-refractivity contribution in [3.05, 3.63) is 45.5 Å². The molecule has 2 aromatic heterocycles. The van der Waals surface area contributed by atoms with Crippen LogP contribution in [0.2, 0.25) is 0 Å². The second kappa shape index (κ2) is 8.14. The molecule has 8 nitrogen and oxygen atoms in total. The standard InChI is InChI=1S/C19H25N7OS/c1-11-4-5-16(25-23-11)15-8-14(15)6-7-27-18-9-17(21-12(2)22-18)20-10-19-26-24-13(3)28-19/h4-5,9,14-15,23,25H,6-8,10H2,1-3H3,(H,20,21,22)/t14-,15-/m0/s1. The Morgan fingerprint density at radius 3 is 2.82 bits per heavy atom. The highest BCUT2D eigenvalue weighted by Gasteiger charge is 2.39. The van der Waals surface area contributed by atoms with Crippen LogP contribution in [0.15, 0.2) is 29.6 Å². The predicted octanol–water partition coefficient (Wildman–Crippen LogP) is 2.86. The van der Waals surface area contributed by atoms with E-state index >= 15 is 0 Å². The molecule has 0 unspecified atom stereocenters. The van der Waals surface area contributed by atoms with E-state index in [1.54, 1.807) is 11.3 Å². The van der Waals surface area contributed by atoms with Crippen molar-refractivity contribution in [2.24, 2.45) is 11.8 Å². The Morgan fingerprint density at radius 1 is 1.18 bits per heavy atom. The maximum absolute atomic E-state index is 5.90. The lowest BCUT2D eigenvalue weighted by atomic mass is 10.2. The molecule has 9 heteroatoms. The second-order valence-electron chi connectivity index (χ2n) is 7.17. The molecular formula is C19H25N7OS. The van der Waals surface area contributed by atoms with E-state index in [1.165, 1.54) is 12.1 Å². The number of aryl methyl sites for hydroxylation is 2. The van der Waals surface area contributed by atoms with Gasteiger partial charge in [0.1, 0.15) is 21.7 Å². The Kier molecular flexibility index (Phi) is 5.43. The molecule has 148 valence electrons. The van der Waals surface area contributed by atoms with Crippen molar-refractivity contribution in [3.63, 3.8) is 0 Å². The summed E-state index contributed by atoms with van der Waals surface area (Å²) in [5.74, 6) is 3.29. The summed E-state index contributed by atoms with van der Waals surface area (Å²) in [7, 11) is 0. The van der Waals surface area contributed by atoms with Crippen LogP contribution >= 0.6 is 11.3 Å². The van der Waals surface area contributed by atoms with E-state index in [-0.39, 0.29) is 0 Å². The lowest BCUT2D eigenvalue weighted by Gasteiger charge is -2.17. The normalized spacial score (nSPS) is 20.5. The van der Waals surface area contributed by atoms with E-state index in [0.29, 0.717) is 36.7 Å². The summed E-state index contributed by atoms with van der Waals surface area (Å²) >= 11 is 1.57. The first-order valence-electron chi connectivity index (χ1n) is 9.48. The molecule has 0 radical (unpaired) electrons. The van der Waals surface area contributed by atoms with Gasteiger partial charge in [-0.25, -0.2) is 4.98 Å². The second-order valence-corrected chi connectivity index (χ2v) is 8.43. The fourth-order valence-corrected chi connectivity index (χ4v) is 3.88. The average molecular weight is 400 g/mol. The third kappa shape index (κ3) is 4.78. The first kappa shape index (κ1) is 18.7. The topological polar surface area (TPSA) is 96.9 Å². The molecule has 28 heavy (non-hydrogen) atoms. The van der Waals surface area contributed by atoms with E-state index in [9.17, 15) is 0 Å². The van der Waals surface area contributed by atoms with Gasteiger partial charge in [-0.3, -0.25) is 0 Å². The van der Waals surface area contributed by atoms with Gasteiger partial charge in [-0.15, -0.1) is 10.2 Å². The number of hydrogen-bond donors (Lipinski definition) is 3. The summed E-state index contributed by atoms with van der Waals surface area (Å²) in [4.78, 5) is 8.80. The molecule has 1 saturated carbocycles. The van der Waals surface area contributed by atoms with Crippen LogP contribution in [0, 0.1) is 25.7 Å². The summed E-state index contributed by atoms with van der Waals surface area (Å²) in [6, 6.07) is 1.84.